The van der Waals surface area contributed by atoms with E-state index < -0.39 is 0 Å². The van der Waals surface area contributed by atoms with Crippen molar-refractivity contribution in [2.75, 3.05) is 6.54 Å². The lowest BCUT2D eigenvalue weighted by molar-refractivity contribution is 0.593. The van der Waals surface area contributed by atoms with Gasteiger partial charge in [0, 0.05) is 17.8 Å². The van der Waals surface area contributed by atoms with Crippen molar-refractivity contribution in [3.05, 3.63) is 101 Å². The average molecular weight is 323 g/mol. The van der Waals surface area contributed by atoms with Gasteiger partial charge in [0.15, 0.2) is 0 Å². The van der Waals surface area contributed by atoms with Gasteiger partial charge in [-0.1, -0.05) is 66.2 Å². The molecule has 0 amide bonds. The molecule has 0 aliphatic carbocycles. The van der Waals surface area contributed by atoms with Crippen molar-refractivity contribution in [2.45, 2.75) is 12.5 Å². The molecular weight excluding hydrogens is 304 g/mol. The fourth-order valence-corrected chi connectivity index (χ4v) is 2.87. The molecule has 23 heavy (non-hydrogen) atoms. The maximum absolute atomic E-state index is 6.23. The average Bonchev–Trinajstić information content (AvgIpc) is 2.62. The minimum atomic E-state index is 0.0832. The lowest BCUT2D eigenvalue weighted by Gasteiger charge is -2.19. The molecule has 0 aliphatic rings. The molecule has 1 N–H and O–H groups in total. The van der Waals surface area contributed by atoms with Crippen LogP contribution in [-0.2, 0) is 6.42 Å². The molecule has 0 spiro atoms. The zero-order valence-electron chi connectivity index (χ0n) is 12.8. The van der Waals surface area contributed by atoms with Crippen molar-refractivity contribution in [1.82, 2.24) is 10.3 Å². The summed E-state index contributed by atoms with van der Waals surface area (Å²) in [5, 5.41) is 4.43. The van der Waals surface area contributed by atoms with Gasteiger partial charge in [-0.3, -0.25) is 4.98 Å². The highest BCUT2D eigenvalue weighted by molar-refractivity contribution is 6.31. The summed E-state index contributed by atoms with van der Waals surface area (Å²) in [5.74, 6) is 0. The number of aromatic nitrogens is 1. The van der Waals surface area contributed by atoms with E-state index in [4.69, 9.17) is 11.6 Å². The summed E-state index contributed by atoms with van der Waals surface area (Å²) in [4.78, 5) is 4.51. The van der Waals surface area contributed by atoms with E-state index in [0.29, 0.717) is 0 Å². The second kappa shape index (κ2) is 7.91. The third-order valence-electron chi connectivity index (χ3n) is 3.82. The fraction of sp³-hybridized carbons (Fsp3) is 0.150. The maximum Gasteiger partial charge on any atom is 0.0751 e. The van der Waals surface area contributed by atoms with E-state index >= 15 is 0 Å². The monoisotopic (exact) mass is 322 g/mol. The second-order valence-electron chi connectivity index (χ2n) is 5.39. The summed E-state index contributed by atoms with van der Waals surface area (Å²) in [7, 11) is 0. The number of nitrogens with zero attached hydrogens (tertiary/aromatic N) is 1. The van der Waals surface area contributed by atoms with Gasteiger partial charge in [0.2, 0.25) is 0 Å². The highest BCUT2D eigenvalue weighted by atomic mass is 35.5. The lowest BCUT2D eigenvalue weighted by Crippen LogP contribution is -2.25. The predicted octanol–water partition coefficient (Wildman–Crippen LogP) is 4.66. The first-order valence-corrected chi connectivity index (χ1v) is 8.15. The van der Waals surface area contributed by atoms with Gasteiger partial charge in [0.05, 0.1) is 11.7 Å². The zero-order chi connectivity index (χ0) is 15.9. The Bertz CT molecular complexity index is 689. The van der Waals surface area contributed by atoms with Gasteiger partial charge in [0.1, 0.15) is 0 Å². The van der Waals surface area contributed by atoms with Crippen LogP contribution >= 0.6 is 11.6 Å². The Morgan fingerprint density at radius 3 is 2.35 bits per heavy atom. The standard InChI is InChI=1S/C20H19ClN2/c21-18-11-5-4-8-16(18)13-15-23-20(17-9-2-1-3-10-17)19-12-6-7-14-22-19/h1-12,14,20,23H,13,15H2. The number of rotatable bonds is 6. The molecule has 0 saturated heterocycles. The minimum absolute atomic E-state index is 0.0832. The molecule has 0 radical (unpaired) electrons. The van der Waals surface area contributed by atoms with Crippen LogP contribution in [0.15, 0.2) is 79.0 Å². The van der Waals surface area contributed by atoms with E-state index in [2.05, 4.69) is 46.7 Å². The molecule has 3 rings (SSSR count). The van der Waals surface area contributed by atoms with Gasteiger partial charge in [-0.15, -0.1) is 0 Å². The van der Waals surface area contributed by atoms with Crippen LogP contribution in [0.25, 0.3) is 0 Å². The van der Waals surface area contributed by atoms with Gasteiger partial charge in [-0.05, 0) is 35.7 Å². The Hall–Kier alpha value is -2.16. The molecule has 0 aliphatic heterocycles. The van der Waals surface area contributed by atoms with Crippen LogP contribution in [0.3, 0.4) is 0 Å². The van der Waals surface area contributed by atoms with Crippen LogP contribution in [0.5, 0.6) is 0 Å². The molecule has 2 aromatic carbocycles. The zero-order valence-corrected chi connectivity index (χ0v) is 13.6. The molecule has 1 unspecified atom stereocenters. The van der Waals surface area contributed by atoms with Gasteiger partial charge >= 0.3 is 0 Å². The van der Waals surface area contributed by atoms with Crippen molar-refractivity contribution < 1.29 is 0 Å². The first-order valence-electron chi connectivity index (χ1n) is 7.77. The molecule has 1 aromatic heterocycles. The lowest BCUT2D eigenvalue weighted by atomic mass is 10.0. The Labute approximate surface area is 142 Å². The maximum atomic E-state index is 6.23. The number of hydrogen-bond donors (Lipinski definition) is 1. The Morgan fingerprint density at radius 1 is 0.870 bits per heavy atom. The van der Waals surface area contributed by atoms with Crippen molar-refractivity contribution in [2.24, 2.45) is 0 Å². The van der Waals surface area contributed by atoms with E-state index in [0.717, 1.165) is 29.2 Å². The number of halogens is 1. The molecule has 0 fully saturated rings. The molecule has 0 saturated carbocycles. The van der Waals surface area contributed by atoms with E-state index in [1.807, 2.05) is 42.6 Å². The minimum Gasteiger partial charge on any atom is -0.305 e. The quantitative estimate of drug-likeness (QED) is 0.714. The first-order chi connectivity index (χ1) is 11.3. The van der Waals surface area contributed by atoms with Crippen LogP contribution < -0.4 is 5.32 Å². The second-order valence-corrected chi connectivity index (χ2v) is 5.80. The van der Waals surface area contributed by atoms with Crippen LogP contribution in [0.2, 0.25) is 5.02 Å². The summed E-state index contributed by atoms with van der Waals surface area (Å²) in [6.45, 7) is 0.833. The molecule has 3 heteroatoms. The van der Waals surface area contributed by atoms with E-state index in [-0.39, 0.29) is 6.04 Å². The summed E-state index contributed by atoms with van der Waals surface area (Å²) < 4.78 is 0. The highest BCUT2D eigenvalue weighted by Crippen LogP contribution is 2.20. The SMILES string of the molecule is Clc1ccccc1CCNC(c1ccccc1)c1ccccn1. The molecule has 1 atom stereocenters. The third kappa shape index (κ3) is 4.19. The predicted molar refractivity (Wildman–Crippen MR) is 95.7 cm³/mol. The van der Waals surface area contributed by atoms with Crippen molar-refractivity contribution in [3.63, 3.8) is 0 Å². The highest BCUT2D eigenvalue weighted by Gasteiger charge is 2.14. The largest absolute Gasteiger partial charge is 0.305 e. The fourth-order valence-electron chi connectivity index (χ4n) is 2.64. The molecule has 0 bridgehead atoms. The van der Waals surface area contributed by atoms with Crippen molar-refractivity contribution >= 4 is 11.6 Å². The number of nitrogens with one attached hydrogen (secondary N) is 1. The van der Waals surface area contributed by atoms with Crippen LogP contribution in [-0.4, -0.2) is 11.5 Å². The Kier molecular flexibility index (Phi) is 5.41. The van der Waals surface area contributed by atoms with E-state index in [1.54, 1.807) is 0 Å². The number of pyridine rings is 1. The van der Waals surface area contributed by atoms with Gasteiger partial charge in [0.25, 0.3) is 0 Å². The van der Waals surface area contributed by atoms with Crippen molar-refractivity contribution in [3.8, 4) is 0 Å². The number of hydrogen-bond acceptors (Lipinski definition) is 2. The van der Waals surface area contributed by atoms with Crippen molar-refractivity contribution in [1.29, 1.82) is 0 Å². The summed E-state index contributed by atoms with van der Waals surface area (Å²) >= 11 is 6.23. The molecule has 3 aromatic rings. The molecular formula is C20H19ClN2. The van der Waals surface area contributed by atoms with Gasteiger partial charge < -0.3 is 5.32 Å². The molecule has 116 valence electrons. The van der Waals surface area contributed by atoms with Gasteiger partial charge in [-0.25, -0.2) is 0 Å². The van der Waals surface area contributed by atoms with E-state index in [9.17, 15) is 0 Å². The summed E-state index contributed by atoms with van der Waals surface area (Å²) in [6.07, 6.45) is 2.72. The smallest absolute Gasteiger partial charge is 0.0751 e. The number of benzene rings is 2. The van der Waals surface area contributed by atoms with Crippen LogP contribution in [0, 0.1) is 0 Å². The van der Waals surface area contributed by atoms with Crippen LogP contribution in [0.1, 0.15) is 22.9 Å². The third-order valence-corrected chi connectivity index (χ3v) is 4.19. The molecule has 1 heterocycles. The Morgan fingerprint density at radius 2 is 1.61 bits per heavy atom. The van der Waals surface area contributed by atoms with E-state index in [1.165, 1.54) is 5.56 Å². The summed E-state index contributed by atoms with van der Waals surface area (Å²) in [5.41, 5.74) is 3.40. The Balaban J connectivity index is 1.74. The van der Waals surface area contributed by atoms with Crippen LogP contribution in [0.4, 0.5) is 0 Å². The summed E-state index contributed by atoms with van der Waals surface area (Å²) in [6, 6.07) is 24.5. The van der Waals surface area contributed by atoms with Gasteiger partial charge in [-0.2, -0.15) is 0 Å². The first kappa shape index (κ1) is 15.7. The normalized spacial score (nSPS) is 12.0. The topological polar surface area (TPSA) is 24.9 Å². The molecule has 2 nitrogen and oxygen atoms in total.